The van der Waals surface area contributed by atoms with Crippen molar-refractivity contribution >= 4 is 17.3 Å². The Kier molecular flexibility index (Phi) is 3.48. The normalized spacial score (nSPS) is 12.1. The maximum absolute atomic E-state index is 11.4. The Labute approximate surface area is 83.1 Å². The molecular formula is C10H14N2O2. The number of hydrogen-bond donors (Lipinski definition) is 2. The molecule has 4 heteroatoms. The maximum atomic E-state index is 11.4. The minimum Gasteiger partial charge on any atom is -0.397 e. The fraction of sp³-hybridized carbons (Fsp3) is 0.300. The topological polar surface area (TPSA) is 64.3 Å². The third kappa shape index (κ3) is 2.47. The van der Waals surface area contributed by atoms with Crippen molar-refractivity contribution in [3.8, 4) is 0 Å². The van der Waals surface area contributed by atoms with Gasteiger partial charge in [0.1, 0.15) is 6.10 Å². The van der Waals surface area contributed by atoms with Crippen LogP contribution in [0, 0.1) is 0 Å². The van der Waals surface area contributed by atoms with Crippen LogP contribution in [-0.4, -0.2) is 19.1 Å². The van der Waals surface area contributed by atoms with Crippen LogP contribution in [0.2, 0.25) is 0 Å². The summed E-state index contributed by atoms with van der Waals surface area (Å²) in [6.45, 7) is 1.68. The zero-order chi connectivity index (χ0) is 10.6. The van der Waals surface area contributed by atoms with Crippen LogP contribution >= 0.6 is 0 Å². The number of hydrogen-bond acceptors (Lipinski definition) is 3. The zero-order valence-electron chi connectivity index (χ0n) is 8.28. The maximum Gasteiger partial charge on any atom is 0.253 e. The highest BCUT2D eigenvalue weighted by Gasteiger charge is 2.12. The molecule has 14 heavy (non-hydrogen) atoms. The number of carbonyl (C=O) groups is 1. The number of nitrogens with two attached hydrogens (primary N) is 1. The Morgan fingerprint density at radius 3 is 2.71 bits per heavy atom. The van der Waals surface area contributed by atoms with E-state index in [1.165, 1.54) is 7.11 Å². The van der Waals surface area contributed by atoms with Gasteiger partial charge in [-0.1, -0.05) is 12.1 Å². The van der Waals surface area contributed by atoms with Crippen LogP contribution in [0.3, 0.4) is 0 Å². The van der Waals surface area contributed by atoms with Crippen LogP contribution in [0.25, 0.3) is 0 Å². The first kappa shape index (κ1) is 10.5. The SMILES string of the molecule is COC(C)C(=O)Nc1ccccc1N. The van der Waals surface area contributed by atoms with Crippen LogP contribution in [0.5, 0.6) is 0 Å². The van der Waals surface area contributed by atoms with Crippen molar-refractivity contribution in [2.24, 2.45) is 0 Å². The van der Waals surface area contributed by atoms with Gasteiger partial charge in [0.05, 0.1) is 11.4 Å². The first-order chi connectivity index (χ1) is 6.65. The molecule has 0 spiro atoms. The summed E-state index contributed by atoms with van der Waals surface area (Å²) < 4.78 is 4.87. The van der Waals surface area contributed by atoms with Gasteiger partial charge < -0.3 is 15.8 Å². The van der Waals surface area contributed by atoms with Crippen molar-refractivity contribution in [2.75, 3.05) is 18.2 Å². The highest BCUT2D eigenvalue weighted by molar-refractivity contribution is 5.96. The van der Waals surface area contributed by atoms with Gasteiger partial charge in [-0.2, -0.15) is 0 Å². The molecule has 0 saturated carbocycles. The number of rotatable bonds is 3. The predicted octanol–water partition coefficient (Wildman–Crippen LogP) is 1.24. The van der Waals surface area contributed by atoms with Gasteiger partial charge in [0.2, 0.25) is 0 Å². The number of amides is 1. The monoisotopic (exact) mass is 194 g/mol. The lowest BCUT2D eigenvalue weighted by molar-refractivity contribution is -0.124. The molecule has 1 aromatic rings. The summed E-state index contributed by atoms with van der Waals surface area (Å²) in [5.41, 5.74) is 6.81. The van der Waals surface area contributed by atoms with Crippen molar-refractivity contribution in [3.05, 3.63) is 24.3 Å². The number of methoxy groups -OCH3 is 1. The van der Waals surface area contributed by atoms with E-state index in [0.717, 1.165) is 0 Å². The van der Waals surface area contributed by atoms with E-state index in [1.54, 1.807) is 19.1 Å². The van der Waals surface area contributed by atoms with E-state index in [-0.39, 0.29) is 5.91 Å². The second-order valence-electron chi connectivity index (χ2n) is 2.95. The molecule has 76 valence electrons. The molecule has 0 fully saturated rings. The van der Waals surface area contributed by atoms with Crippen LogP contribution in [-0.2, 0) is 9.53 Å². The van der Waals surface area contributed by atoms with Gasteiger partial charge in [0.25, 0.3) is 5.91 Å². The van der Waals surface area contributed by atoms with E-state index in [1.807, 2.05) is 12.1 Å². The summed E-state index contributed by atoms with van der Waals surface area (Å²) in [7, 11) is 1.48. The summed E-state index contributed by atoms with van der Waals surface area (Å²) >= 11 is 0. The first-order valence-corrected chi connectivity index (χ1v) is 4.33. The highest BCUT2D eigenvalue weighted by Crippen LogP contribution is 2.16. The average Bonchev–Trinajstić information content (AvgIpc) is 2.20. The zero-order valence-corrected chi connectivity index (χ0v) is 8.28. The number of carbonyl (C=O) groups excluding carboxylic acids is 1. The summed E-state index contributed by atoms with van der Waals surface area (Å²) in [4.78, 5) is 11.4. The number of ether oxygens (including phenoxy) is 1. The second kappa shape index (κ2) is 4.62. The van der Waals surface area contributed by atoms with E-state index in [0.29, 0.717) is 11.4 Å². The van der Waals surface area contributed by atoms with E-state index in [4.69, 9.17) is 10.5 Å². The van der Waals surface area contributed by atoms with Gasteiger partial charge in [-0.05, 0) is 19.1 Å². The highest BCUT2D eigenvalue weighted by atomic mass is 16.5. The Hall–Kier alpha value is -1.55. The number of nitrogens with one attached hydrogen (secondary N) is 1. The average molecular weight is 194 g/mol. The Bertz CT molecular complexity index is 326. The fourth-order valence-electron chi connectivity index (χ4n) is 0.952. The van der Waals surface area contributed by atoms with Crippen LogP contribution in [0.1, 0.15) is 6.92 Å². The predicted molar refractivity (Wildman–Crippen MR) is 56.0 cm³/mol. The molecule has 0 saturated heterocycles. The lowest BCUT2D eigenvalue weighted by Crippen LogP contribution is -2.26. The van der Waals surface area contributed by atoms with Gasteiger partial charge in [-0.25, -0.2) is 0 Å². The molecule has 1 amide bonds. The standard InChI is InChI=1S/C10H14N2O2/c1-7(14-2)10(13)12-9-6-4-3-5-8(9)11/h3-7H,11H2,1-2H3,(H,12,13). The van der Waals surface area contributed by atoms with Gasteiger partial charge in [-0.15, -0.1) is 0 Å². The Morgan fingerprint density at radius 2 is 2.14 bits per heavy atom. The summed E-state index contributed by atoms with van der Waals surface area (Å²) in [5.74, 6) is -0.203. The third-order valence-electron chi connectivity index (χ3n) is 1.94. The molecule has 4 nitrogen and oxygen atoms in total. The molecule has 0 radical (unpaired) electrons. The molecule has 0 aromatic heterocycles. The van der Waals surface area contributed by atoms with Crippen molar-refractivity contribution < 1.29 is 9.53 Å². The van der Waals surface area contributed by atoms with Crippen molar-refractivity contribution in [1.82, 2.24) is 0 Å². The molecular weight excluding hydrogens is 180 g/mol. The van der Waals surface area contributed by atoms with Crippen molar-refractivity contribution in [1.29, 1.82) is 0 Å². The van der Waals surface area contributed by atoms with Crippen LogP contribution in [0.4, 0.5) is 11.4 Å². The summed E-state index contributed by atoms with van der Waals surface area (Å²) in [5, 5.41) is 2.67. The molecule has 0 bridgehead atoms. The molecule has 1 aromatic carbocycles. The molecule has 1 rings (SSSR count). The quantitative estimate of drug-likeness (QED) is 0.711. The minimum absolute atomic E-state index is 0.203. The number of para-hydroxylation sites is 2. The van der Waals surface area contributed by atoms with Gasteiger partial charge >= 0.3 is 0 Å². The summed E-state index contributed by atoms with van der Waals surface area (Å²) in [6.07, 6.45) is -0.477. The van der Waals surface area contributed by atoms with E-state index >= 15 is 0 Å². The molecule has 3 N–H and O–H groups in total. The number of anilines is 2. The van der Waals surface area contributed by atoms with E-state index in [9.17, 15) is 4.79 Å². The molecule has 0 aliphatic heterocycles. The lowest BCUT2D eigenvalue weighted by atomic mass is 10.2. The number of nitrogen functional groups attached to an aromatic ring is 1. The smallest absolute Gasteiger partial charge is 0.253 e. The number of benzene rings is 1. The largest absolute Gasteiger partial charge is 0.397 e. The van der Waals surface area contributed by atoms with Gasteiger partial charge in [-0.3, -0.25) is 4.79 Å². The Balaban J connectivity index is 2.70. The second-order valence-corrected chi connectivity index (χ2v) is 2.95. The first-order valence-electron chi connectivity index (χ1n) is 4.33. The Morgan fingerprint density at radius 1 is 1.50 bits per heavy atom. The van der Waals surface area contributed by atoms with E-state index in [2.05, 4.69) is 5.32 Å². The molecule has 1 atom stereocenters. The fourth-order valence-corrected chi connectivity index (χ4v) is 0.952. The lowest BCUT2D eigenvalue weighted by Gasteiger charge is -2.11. The van der Waals surface area contributed by atoms with Crippen molar-refractivity contribution in [2.45, 2.75) is 13.0 Å². The van der Waals surface area contributed by atoms with Crippen LogP contribution < -0.4 is 11.1 Å². The molecule has 0 aliphatic carbocycles. The minimum atomic E-state index is -0.477. The van der Waals surface area contributed by atoms with Gasteiger partial charge in [0.15, 0.2) is 0 Å². The molecule has 0 heterocycles. The van der Waals surface area contributed by atoms with Crippen molar-refractivity contribution in [3.63, 3.8) is 0 Å². The summed E-state index contributed by atoms with van der Waals surface area (Å²) in [6, 6.07) is 7.09. The van der Waals surface area contributed by atoms with E-state index < -0.39 is 6.10 Å². The third-order valence-corrected chi connectivity index (χ3v) is 1.94. The van der Waals surface area contributed by atoms with Crippen LogP contribution in [0.15, 0.2) is 24.3 Å². The molecule has 1 unspecified atom stereocenters. The van der Waals surface area contributed by atoms with Gasteiger partial charge in [0, 0.05) is 7.11 Å². The molecule has 0 aliphatic rings.